The van der Waals surface area contributed by atoms with Crippen molar-refractivity contribution in [2.75, 3.05) is 5.32 Å². The molecule has 2 atom stereocenters. The molecule has 116 valence electrons. The Bertz CT molecular complexity index is 612. The SMILES string of the molecule is C[C@H](NC(=O)[C@@H](N)Cc1cnc[nH]1)C(=O)Nc1ccccc1. The van der Waals surface area contributed by atoms with Crippen molar-refractivity contribution in [3.8, 4) is 0 Å². The molecule has 0 aliphatic heterocycles. The maximum atomic E-state index is 12.0. The molecule has 0 fully saturated rings. The number of rotatable bonds is 6. The third-order valence-electron chi connectivity index (χ3n) is 3.12. The summed E-state index contributed by atoms with van der Waals surface area (Å²) in [6, 6.07) is 7.62. The molecule has 0 aliphatic carbocycles. The Labute approximate surface area is 128 Å². The molecule has 2 amide bonds. The van der Waals surface area contributed by atoms with Gasteiger partial charge in [0, 0.05) is 24.0 Å². The van der Waals surface area contributed by atoms with Crippen LogP contribution in [-0.4, -0.2) is 33.9 Å². The lowest BCUT2D eigenvalue weighted by Crippen LogP contribution is -2.49. The molecule has 1 aromatic heterocycles. The number of para-hydroxylation sites is 1. The predicted molar refractivity (Wildman–Crippen MR) is 82.9 cm³/mol. The fourth-order valence-corrected chi connectivity index (χ4v) is 1.88. The van der Waals surface area contributed by atoms with Gasteiger partial charge in [0.2, 0.25) is 11.8 Å². The average Bonchev–Trinajstić information content (AvgIpc) is 3.01. The standard InChI is InChI=1S/C15H19N5O2/c1-10(14(21)20-11-5-3-2-4-6-11)19-15(22)13(16)7-12-8-17-9-18-12/h2-6,8-10,13H,7,16H2,1H3,(H,17,18)(H,19,22)(H,20,21)/t10-,13-/m0/s1. The maximum absolute atomic E-state index is 12.0. The van der Waals surface area contributed by atoms with E-state index < -0.39 is 12.1 Å². The minimum absolute atomic E-state index is 0.298. The van der Waals surface area contributed by atoms with E-state index in [1.54, 1.807) is 25.3 Å². The zero-order chi connectivity index (χ0) is 15.9. The molecular formula is C15H19N5O2. The quantitative estimate of drug-likeness (QED) is 0.619. The Balaban J connectivity index is 1.83. The van der Waals surface area contributed by atoms with Crippen molar-refractivity contribution in [3.05, 3.63) is 48.5 Å². The largest absolute Gasteiger partial charge is 0.348 e. The Kier molecular flexibility index (Phi) is 5.26. The fourth-order valence-electron chi connectivity index (χ4n) is 1.88. The second-order valence-corrected chi connectivity index (χ2v) is 4.97. The van der Waals surface area contributed by atoms with Crippen molar-refractivity contribution in [2.24, 2.45) is 5.73 Å². The fraction of sp³-hybridized carbons (Fsp3) is 0.267. The molecule has 22 heavy (non-hydrogen) atoms. The Morgan fingerprint density at radius 2 is 2.00 bits per heavy atom. The first-order valence-corrected chi connectivity index (χ1v) is 6.95. The van der Waals surface area contributed by atoms with Crippen LogP contribution in [0.2, 0.25) is 0 Å². The van der Waals surface area contributed by atoms with Gasteiger partial charge in [-0.1, -0.05) is 18.2 Å². The van der Waals surface area contributed by atoms with Gasteiger partial charge in [-0.25, -0.2) is 4.98 Å². The summed E-state index contributed by atoms with van der Waals surface area (Å²) in [5.41, 5.74) is 7.26. The topological polar surface area (TPSA) is 113 Å². The van der Waals surface area contributed by atoms with Gasteiger partial charge in [-0.2, -0.15) is 0 Å². The maximum Gasteiger partial charge on any atom is 0.246 e. The molecule has 2 aromatic rings. The summed E-state index contributed by atoms with van der Waals surface area (Å²) < 4.78 is 0. The Morgan fingerprint density at radius 3 is 2.64 bits per heavy atom. The van der Waals surface area contributed by atoms with Crippen LogP contribution in [-0.2, 0) is 16.0 Å². The van der Waals surface area contributed by atoms with Crippen LogP contribution in [0.3, 0.4) is 0 Å². The number of nitrogens with one attached hydrogen (secondary N) is 3. The van der Waals surface area contributed by atoms with Crippen LogP contribution in [0.15, 0.2) is 42.9 Å². The lowest BCUT2D eigenvalue weighted by Gasteiger charge is -2.17. The molecule has 0 bridgehead atoms. The number of H-pyrrole nitrogens is 1. The number of aromatic nitrogens is 2. The Morgan fingerprint density at radius 1 is 1.27 bits per heavy atom. The van der Waals surface area contributed by atoms with Gasteiger partial charge in [0.05, 0.1) is 12.4 Å². The van der Waals surface area contributed by atoms with Gasteiger partial charge < -0.3 is 21.4 Å². The van der Waals surface area contributed by atoms with Crippen LogP contribution in [0.4, 0.5) is 5.69 Å². The number of anilines is 1. The summed E-state index contributed by atoms with van der Waals surface area (Å²) in [6.45, 7) is 1.61. The molecule has 0 aliphatic rings. The highest BCUT2D eigenvalue weighted by atomic mass is 16.2. The molecule has 0 saturated heterocycles. The first kappa shape index (κ1) is 15.7. The molecule has 0 saturated carbocycles. The van der Waals surface area contributed by atoms with Crippen LogP contribution in [0.25, 0.3) is 0 Å². The van der Waals surface area contributed by atoms with Crippen LogP contribution in [0, 0.1) is 0 Å². The van der Waals surface area contributed by atoms with E-state index in [2.05, 4.69) is 20.6 Å². The average molecular weight is 301 g/mol. The molecule has 0 spiro atoms. The minimum atomic E-state index is -0.743. The van der Waals surface area contributed by atoms with Crippen molar-refractivity contribution in [3.63, 3.8) is 0 Å². The van der Waals surface area contributed by atoms with Crippen molar-refractivity contribution in [2.45, 2.75) is 25.4 Å². The number of nitrogens with zero attached hydrogens (tertiary/aromatic N) is 1. The molecule has 5 N–H and O–H groups in total. The van der Waals surface area contributed by atoms with E-state index in [9.17, 15) is 9.59 Å². The summed E-state index contributed by atoms with van der Waals surface area (Å²) in [4.78, 5) is 30.7. The molecule has 2 rings (SSSR count). The lowest BCUT2D eigenvalue weighted by atomic mass is 10.1. The van der Waals surface area contributed by atoms with Gasteiger partial charge in [-0.05, 0) is 19.1 Å². The summed E-state index contributed by atoms with van der Waals surface area (Å²) in [7, 11) is 0. The van der Waals surface area contributed by atoms with E-state index >= 15 is 0 Å². The Hall–Kier alpha value is -2.67. The van der Waals surface area contributed by atoms with Gasteiger partial charge in [0.25, 0.3) is 0 Å². The van der Waals surface area contributed by atoms with Crippen LogP contribution >= 0.6 is 0 Å². The highest BCUT2D eigenvalue weighted by molar-refractivity contribution is 5.97. The molecule has 0 radical (unpaired) electrons. The number of imidazole rings is 1. The normalized spacial score (nSPS) is 13.2. The van der Waals surface area contributed by atoms with E-state index in [-0.39, 0.29) is 11.8 Å². The van der Waals surface area contributed by atoms with E-state index in [1.807, 2.05) is 18.2 Å². The second-order valence-electron chi connectivity index (χ2n) is 4.97. The summed E-state index contributed by atoms with van der Waals surface area (Å²) in [6.07, 6.45) is 3.47. The first-order chi connectivity index (χ1) is 10.6. The van der Waals surface area contributed by atoms with E-state index in [1.165, 1.54) is 6.33 Å². The first-order valence-electron chi connectivity index (χ1n) is 6.95. The van der Waals surface area contributed by atoms with Crippen molar-refractivity contribution in [1.82, 2.24) is 15.3 Å². The summed E-state index contributed by atoms with van der Waals surface area (Å²) >= 11 is 0. The van der Waals surface area contributed by atoms with Gasteiger partial charge in [0.1, 0.15) is 6.04 Å². The second kappa shape index (κ2) is 7.37. The monoisotopic (exact) mass is 301 g/mol. The zero-order valence-corrected chi connectivity index (χ0v) is 12.2. The molecule has 7 nitrogen and oxygen atoms in total. The van der Waals surface area contributed by atoms with Gasteiger partial charge >= 0.3 is 0 Å². The van der Waals surface area contributed by atoms with E-state index in [0.29, 0.717) is 12.1 Å². The molecule has 0 unspecified atom stereocenters. The van der Waals surface area contributed by atoms with Gasteiger partial charge in [-0.15, -0.1) is 0 Å². The number of hydrogen-bond acceptors (Lipinski definition) is 4. The van der Waals surface area contributed by atoms with Crippen molar-refractivity contribution >= 4 is 17.5 Å². The molecule has 7 heteroatoms. The van der Waals surface area contributed by atoms with E-state index in [0.717, 1.165) is 5.69 Å². The van der Waals surface area contributed by atoms with Gasteiger partial charge in [0.15, 0.2) is 0 Å². The molecular weight excluding hydrogens is 282 g/mol. The van der Waals surface area contributed by atoms with Gasteiger partial charge in [-0.3, -0.25) is 9.59 Å². The molecule has 1 heterocycles. The van der Waals surface area contributed by atoms with E-state index in [4.69, 9.17) is 5.73 Å². The number of carbonyl (C=O) groups excluding carboxylic acids is 2. The number of amides is 2. The third kappa shape index (κ3) is 4.42. The number of benzene rings is 1. The lowest BCUT2D eigenvalue weighted by molar-refractivity contribution is -0.127. The zero-order valence-electron chi connectivity index (χ0n) is 12.2. The number of aromatic amines is 1. The van der Waals surface area contributed by atoms with Crippen molar-refractivity contribution in [1.29, 1.82) is 0 Å². The number of carbonyl (C=O) groups is 2. The third-order valence-corrected chi connectivity index (χ3v) is 3.12. The smallest absolute Gasteiger partial charge is 0.246 e. The highest BCUT2D eigenvalue weighted by Crippen LogP contribution is 2.05. The highest BCUT2D eigenvalue weighted by Gasteiger charge is 2.20. The summed E-state index contributed by atoms with van der Waals surface area (Å²) in [5, 5.41) is 5.32. The molecule has 1 aromatic carbocycles. The number of nitrogens with two attached hydrogens (primary N) is 1. The predicted octanol–water partition coefficient (Wildman–Crippen LogP) is 0.423. The van der Waals surface area contributed by atoms with Crippen molar-refractivity contribution < 1.29 is 9.59 Å². The minimum Gasteiger partial charge on any atom is -0.348 e. The number of hydrogen-bond donors (Lipinski definition) is 4. The summed E-state index contributed by atoms with van der Waals surface area (Å²) in [5.74, 6) is -0.682. The van der Waals surface area contributed by atoms with Crippen LogP contribution in [0.1, 0.15) is 12.6 Å². The van der Waals surface area contributed by atoms with Crippen LogP contribution in [0.5, 0.6) is 0 Å². The van der Waals surface area contributed by atoms with Crippen LogP contribution < -0.4 is 16.4 Å².